The average Bonchev–Trinajstić information content (AvgIpc) is 3.88. The Labute approximate surface area is 318 Å². The Bertz CT molecular complexity index is 1980. The van der Waals surface area contributed by atoms with E-state index in [9.17, 15) is 18.0 Å². The minimum Gasteiger partial charge on any atom is -0.464 e. The second-order valence-corrected chi connectivity index (χ2v) is 15.9. The molecule has 12 nitrogen and oxygen atoms in total. The topological polar surface area (TPSA) is 131 Å². The largest absolute Gasteiger partial charge is 0.464 e. The Hall–Kier alpha value is -4.37. The molecule has 4 fully saturated rings. The van der Waals surface area contributed by atoms with Crippen molar-refractivity contribution in [3.63, 3.8) is 0 Å². The number of H-pyrrole nitrogens is 1. The van der Waals surface area contributed by atoms with E-state index in [1.165, 1.54) is 6.42 Å². The van der Waals surface area contributed by atoms with Crippen LogP contribution in [0.3, 0.4) is 0 Å². The molecule has 2 aliphatic carbocycles. The first-order valence-electron chi connectivity index (χ1n) is 19.6. The summed E-state index contributed by atoms with van der Waals surface area (Å²) in [5, 5.41) is 0. The van der Waals surface area contributed by atoms with Crippen LogP contribution in [-0.4, -0.2) is 94.6 Å². The van der Waals surface area contributed by atoms with Gasteiger partial charge < -0.3 is 29.0 Å². The maximum atomic E-state index is 14.1. The maximum absolute atomic E-state index is 14.1. The van der Waals surface area contributed by atoms with Gasteiger partial charge in [0.2, 0.25) is 0 Å². The summed E-state index contributed by atoms with van der Waals surface area (Å²) in [6.07, 6.45) is 9.64. The molecule has 2 saturated heterocycles. The van der Waals surface area contributed by atoms with E-state index in [0.29, 0.717) is 59.4 Å². The molecule has 4 aliphatic rings. The quantitative estimate of drug-likeness (QED) is 0.136. The summed E-state index contributed by atoms with van der Waals surface area (Å²) in [6.45, 7) is 3.40. The van der Waals surface area contributed by atoms with Crippen LogP contribution >= 0.6 is 0 Å². The molecule has 1 unspecified atom stereocenters. The zero-order valence-electron chi connectivity index (χ0n) is 31.7. The first-order chi connectivity index (χ1) is 26.5. The van der Waals surface area contributed by atoms with Crippen LogP contribution in [-0.2, 0) is 25.2 Å². The van der Waals surface area contributed by atoms with Gasteiger partial charge in [-0.15, -0.1) is 0 Å². The summed E-state index contributed by atoms with van der Waals surface area (Å²) in [5.74, 6) is 0.926. The van der Waals surface area contributed by atoms with Gasteiger partial charge >= 0.3 is 12.1 Å². The van der Waals surface area contributed by atoms with E-state index >= 15 is 0 Å². The number of aromatic nitrogens is 6. The summed E-state index contributed by atoms with van der Waals surface area (Å²) >= 11 is 0. The summed E-state index contributed by atoms with van der Waals surface area (Å²) in [4.78, 5) is 43.2. The summed E-state index contributed by atoms with van der Waals surface area (Å²) in [5.41, 5.74) is 2.61. The molecule has 2 aliphatic heterocycles. The van der Waals surface area contributed by atoms with Gasteiger partial charge in [0, 0.05) is 55.4 Å². The van der Waals surface area contributed by atoms with Crippen molar-refractivity contribution in [3.8, 4) is 22.8 Å². The van der Waals surface area contributed by atoms with Crippen molar-refractivity contribution in [1.82, 2.24) is 29.9 Å². The second kappa shape index (κ2) is 15.3. The van der Waals surface area contributed by atoms with E-state index in [2.05, 4.69) is 19.8 Å². The molecule has 2 bridgehead atoms. The number of alkyl halides is 3. The number of hydrogen-bond donors (Lipinski definition) is 1. The minimum atomic E-state index is -4.59. The molecular weight excluding hydrogens is 713 g/mol. The summed E-state index contributed by atoms with van der Waals surface area (Å²) < 4.78 is 59.0. The SMILES string of the molecule is CCOC(=O)COC1C[C@H]2CC[C@@H](C1)N2c1cnc(-c2nc3nc(-c4cc(C5CC5)nc(C(F)(F)F)c4)cc(N(C)CC4(COC)CCCCC4)c3[nH]2)cn1. The molecule has 8 rings (SSSR count). The fraction of sp³-hybridized carbons (Fsp3) is 0.600. The zero-order valence-corrected chi connectivity index (χ0v) is 31.7. The molecule has 4 aromatic rings. The number of pyridine rings is 2. The third kappa shape index (κ3) is 8.00. The van der Waals surface area contributed by atoms with Gasteiger partial charge in [0.1, 0.15) is 29.3 Å². The first kappa shape index (κ1) is 37.5. The number of carbonyl (C=O) groups is 1. The fourth-order valence-corrected chi connectivity index (χ4v) is 9.12. The fourth-order valence-electron chi connectivity index (χ4n) is 9.12. The number of piperidine rings is 1. The number of methoxy groups -OCH3 is 1. The van der Waals surface area contributed by atoms with Gasteiger partial charge in [0.05, 0.1) is 43.1 Å². The maximum Gasteiger partial charge on any atom is 0.433 e. The highest BCUT2D eigenvalue weighted by Crippen LogP contribution is 2.44. The van der Waals surface area contributed by atoms with Gasteiger partial charge in [0.15, 0.2) is 11.5 Å². The van der Waals surface area contributed by atoms with E-state index in [1.54, 1.807) is 32.5 Å². The van der Waals surface area contributed by atoms with Crippen LogP contribution in [0.2, 0.25) is 0 Å². The number of anilines is 2. The third-order valence-electron chi connectivity index (χ3n) is 11.8. The molecule has 15 heteroatoms. The Morgan fingerprint density at radius 2 is 1.75 bits per heavy atom. The van der Waals surface area contributed by atoms with Crippen molar-refractivity contribution < 1.29 is 32.2 Å². The predicted octanol–water partition coefficient (Wildman–Crippen LogP) is 7.49. The molecule has 294 valence electrons. The van der Waals surface area contributed by atoms with Gasteiger partial charge in [-0.1, -0.05) is 19.3 Å². The van der Waals surface area contributed by atoms with E-state index in [0.717, 1.165) is 81.8 Å². The van der Waals surface area contributed by atoms with Crippen LogP contribution in [0.25, 0.3) is 33.9 Å². The lowest BCUT2D eigenvalue weighted by Crippen LogP contribution is -2.46. The van der Waals surface area contributed by atoms with Crippen LogP contribution in [0.1, 0.15) is 94.9 Å². The standard InChI is InChI=1S/C40H49F3N8O4/c1-4-54-35(52)21-55-28-16-26-10-11-27(17-28)51(26)34-20-44-31(19-45-34)37-48-36-32(50(2)22-39(23-53-3)12-6-5-7-13-39)18-30(47-38(36)49-37)25-14-29(24-8-9-24)46-33(15-25)40(41,42)43/h14-15,18-20,24,26-28H,4-13,16-17,21-23H2,1-3H3,(H,47,48,49)/t26-,27+,28?. The molecule has 2 saturated carbocycles. The molecule has 4 aromatic heterocycles. The highest BCUT2D eigenvalue weighted by molar-refractivity contribution is 5.91. The molecule has 0 aromatic carbocycles. The van der Waals surface area contributed by atoms with Gasteiger partial charge in [-0.2, -0.15) is 13.2 Å². The van der Waals surface area contributed by atoms with Crippen molar-refractivity contribution in [2.45, 2.75) is 108 Å². The molecule has 0 radical (unpaired) electrons. The lowest BCUT2D eigenvalue weighted by molar-refractivity contribution is -0.151. The minimum absolute atomic E-state index is 0.0133. The average molecular weight is 763 g/mol. The van der Waals surface area contributed by atoms with E-state index < -0.39 is 11.9 Å². The van der Waals surface area contributed by atoms with Crippen molar-refractivity contribution >= 4 is 28.6 Å². The van der Waals surface area contributed by atoms with Crippen molar-refractivity contribution in [2.24, 2.45) is 5.41 Å². The Kier molecular flexibility index (Phi) is 10.4. The first-order valence-corrected chi connectivity index (χ1v) is 19.6. The zero-order chi connectivity index (χ0) is 38.3. The second-order valence-electron chi connectivity index (χ2n) is 15.9. The summed E-state index contributed by atoms with van der Waals surface area (Å²) in [7, 11) is 3.75. The monoisotopic (exact) mass is 762 g/mol. The molecular formula is C40H49F3N8O4. The van der Waals surface area contributed by atoms with Crippen molar-refractivity contribution in [2.75, 3.05) is 50.3 Å². The number of hydrogen-bond acceptors (Lipinski definition) is 11. The Morgan fingerprint density at radius 3 is 2.40 bits per heavy atom. The number of carbonyl (C=O) groups excluding carboxylic acids is 1. The number of ether oxygens (including phenoxy) is 3. The highest BCUT2D eigenvalue weighted by atomic mass is 19.4. The molecule has 6 heterocycles. The number of aromatic amines is 1. The van der Waals surface area contributed by atoms with Crippen molar-refractivity contribution in [3.05, 3.63) is 42.0 Å². The third-order valence-corrected chi connectivity index (χ3v) is 11.8. The van der Waals surface area contributed by atoms with Crippen LogP contribution in [0.4, 0.5) is 24.7 Å². The molecule has 0 amide bonds. The van der Waals surface area contributed by atoms with Crippen LogP contribution in [0, 0.1) is 5.41 Å². The summed E-state index contributed by atoms with van der Waals surface area (Å²) in [6, 6.07) is 5.17. The smallest absolute Gasteiger partial charge is 0.433 e. The van der Waals surface area contributed by atoms with Gasteiger partial charge in [-0.25, -0.2) is 29.7 Å². The molecule has 1 N–H and O–H groups in total. The lowest BCUT2D eigenvalue weighted by atomic mass is 9.74. The van der Waals surface area contributed by atoms with Crippen molar-refractivity contribution in [1.29, 1.82) is 0 Å². The van der Waals surface area contributed by atoms with Gasteiger partial charge in [-0.3, -0.25) is 0 Å². The molecule has 3 atom stereocenters. The molecule has 55 heavy (non-hydrogen) atoms. The number of imidazole rings is 1. The number of nitrogens with one attached hydrogen (secondary N) is 1. The number of halogens is 3. The van der Waals surface area contributed by atoms with Crippen LogP contribution in [0.15, 0.2) is 30.6 Å². The normalized spacial score (nSPS) is 22.3. The lowest BCUT2D eigenvalue weighted by Gasteiger charge is -2.40. The van der Waals surface area contributed by atoms with Gasteiger partial charge in [-0.05, 0) is 76.5 Å². The van der Waals surface area contributed by atoms with Crippen LogP contribution in [0.5, 0.6) is 0 Å². The predicted molar refractivity (Wildman–Crippen MR) is 201 cm³/mol. The van der Waals surface area contributed by atoms with E-state index in [1.807, 2.05) is 13.1 Å². The molecule has 0 spiro atoms. The Balaban J connectivity index is 1.11. The number of fused-ring (bicyclic) bond motifs is 3. The van der Waals surface area contributed by atoms with Crippen LogP contribution < -0.4 is 9.80 Å². The number of nitrogens with zero attached hydrogens (tertiary/aromatic N) is 7. The highest BCUT2D eigenvalue weighted by Gasteiger charge is 2.42. The van der Waals surface area contributed by atoms with E-state index in [4.69, 9.17) is 34.1 Å². The number of esters is 1. The van der Waals surface area contributed by atoms with Gasteiger partial charge in [0.25, 0.3) is 0 Å². The van der Waals surface area contributed by atoms with E-state index in [-0.39, 0.29) is 42.1 Å². The number of rotatable bonds is 13. The Morgan fingerprint density at radius 1 is 0.982 bits per heavy atom.